The standard InChI is InChI=1S/C6H13O9P/c7-1-2-3(8)4(9)5(10)6(14-2)15-16(11,12)13/h2-10H,1H2,(H2,11,12,13)/p-2/t2?,3-,4?,5?,6-/m1/s1. The predicted molar refractivity (Wildman–Crippen MR) is 42.5 cm³/mol. The Labute approximate surface area is 90.1 Å². The van der Waals surface area contributed by atoms with Gasteiger partial charge in [0, 0.05) is 0 Å². The van der Waals surface area contributed by atoms with Crippen LogP contribution in [0.25, 0.3) is 0 Å². The van der Waals surface area contributed by atoms with E-state index in [4.69, 9.17) is 5.11 Å². The molecule has 0 aromatic carbocycles. The molecule has 0 radical (unpaired) electrons. The fraction of sp³-hybridized carbons (Fsp3) is 1.00. The van der Waals surface area contributed by atoms with Gasteiger partial charge in [0.25, 0.3) is 0 Å². The van der Waals surface area contributed by atoms with Crippen LogP contribution in [0.5, 0.6) is 0 Å². The topological polar surface area (TPSA) is 163 Å². The molecule has 5 atom stereocenters. The molecule has 0 aromatic heterocycles. The minimum atomic E-state index is -5.41. The average molecular weight is 258 g/mol. The highest BCUT2D eigenvalue weighted by atomic mass is 31.2. The molecule has 16 heavy (non-hydrogen) atoms. The van der Waals surface area contributed by atoms with E-state index in [2.05, 4.69) is 9.26 Å². The van der Waals surface area contributed by atoms with Crippen LogP contribution in [0.2, 0.25) is 0 Å². The van der Waals surface area contributed by atoms with Gasteiger partial charge in [-0.2, -0.15) is 0 Å². The van der Waals surface area contributed by atoms with Gasteiger partial charge < -0.3 is 44.0 Å². The summed E-state index contributed by atoms with van der Waals surface area (Å²) in [6.07, 6.45) is -8.61. The monoisotopic (exact) mass is 258 g/mol. The Morgan fingerprint density at radius 3 is 2.19 bits per heavy atom. The minimum absolute atomic E-state index is 0.743. The summed E-state index contributed by atoms with van der Waals surface area (Å²) in [5, 5.41) is 36.5. The van der Waals surface area contributed by atoms with Gasteiger partial charge in [-0.25, -0.2) is 0 Å². The van der Waals surface area contributed by atoms with Crippen LogP contribution in [0.1, 0.15) is 0 Å². The maximum absolute atomic E-state index is 10.3. The van der Waals surface area contributed by atoms with Gasteiger partial charge in [-0.1, -0.05) is 0 Å². The fourth-order valence-corrected chi connectivity index (χ4v) is 1.71. The summed E-state index contributed by atoms with van der Waals surface area (Å²) in [5.74, 6) is 0. The first-order chi connectivity index (χ1) is 7.26. The molecule has 1 fully saturated rings. The molecule has 0 aliphatic carbocycles. The van der Waals surface area contributed by atoms with E-state index in [1.165, 1.54) is 0 Å². The molecule has 0 saturated carbocycles. The lowest BCUT2D eigenvalue weighted by molar-refractivity contribution is -0.368. The second-order valence-corrected chi connectivity index (χ2v) is 4.36. The van der Waals surface area contributed by atoms with E-state index in [0.29, 0.717) is 0 Å². The second-order valence-electron chi connectivity index (χ2n) is 3.25. The number of ether oxygens (including phenoxy) is 1. The minimum Gasteiger partial charge on any atom is -0.790 e. The summed E-state index contributed by atoms with van der Waals surface area (Å²) < 4.78 is 18.7. The Kier molecular flexibility index (Phi) is 4.41. The van der Waals surface area contributed by atoms with Gasteiger partial charge in [0.1, 0.15) is 24.4 Å². The van der Waals surface area contributed by atoms with Crippen molar-refractivity contribution in [1.82, 2.24) is 0 Å². The molecular formula is C6H11O9P-2. The first-order valence-corrected chi connectivity index (χ1v) is 5.73. The summed E-state index contributed by atoms with van der Waals surface area (Å²) in [6.45, 7) is -0.743. The Morgan fingerprint density at radius 2 is 1.75 bits per heavy atom. The molecule has 1 heterocycles. The first-order valence-electron chi connectivity index (χ1n) is 4.27. The third-order valence-corrected chi connectivity index (χ3v) is 2.55. The smallest absolute Gasteiger partial charge is 0.191 e. The fourth-order valence-electron chi connectivity index (χ4n) is 1.28. The number of aliphatic hydroxyl groups is 4. The van der Waals surface area contributed by atoms with Crippen molar-refractivity contribution in [3.8, 4) is 0 Å². The third kappa shape index (κ3) is 3.20. The summed E-state index contributed by atoms with van der Waals surface area (Å²) in [6, 6.07) is 0. The lowest BCUT2D eigenvalue weighted by atomic mass is 10.00. The van der Waals surface area contributed by atoms with Gasteiger partial charge in [0.2, 0.25) is 0 Å². The van der Waals surface area contributed by atoms with Crippen molar-refractivity contribution >= 4 is 7.82 Å². The van der Waals surface area contributed by atoms with Crippen LogP contribution in [-0.2, 0) is 13.8 Å². The maximum atomic E-state index is 10.3. The number of rotatable bonds is 3. The van der Waals surface area contributed by atoms with E-state index in [1.54, 1.807) is 0 Å². The van der Waals surface area contributed by atoms with Gasteiger partial charge in [0.05, 0.1) is 14.4 Å². The third-order valence-electron chi connectivity index (χ3n) is 2.08. The highest BCUT2D eigenvalue weighted by Crippen LogP contribution is 2.33. The van der Waals surface area contributed by atoms with Crippen molar-refractivity contribution in [3.63, 3.8) is 0 Å². The SMILES string of the molecule is O=P([O-])([O-])O[C@H]1OC(CO)[C@@H](O)C(O)C1O. The number of phosphoric acid groups is 1. The Morgan fingerprint density at radius 1 is 1.19 bits per heavy atom. The molecule has 1 rings (SSSR count). The van der Waals surface area contributed by atoms with Crippen LogP contribution in [-0.4, -0.2) is 57.7 Å². The predicted octanol–water partition coefficient (Wildman–Crippen LogP) is -4.37. The van der Waals surface area contributed by atoms with Crippen molar-refractivity contribution in [2.45, 2.75) is 30.7 Å². The van der Waals surface area contributed by atoms with Crippen LogP contribution >= 0.6 is 7.82 Å². The summed E-state index contributed by atoms with van der Waals surface area (Å²) in [4.78, 5) is 20.6. The van der Waals surface area contributed by atoms with Gasteiger partial charge in [-0.05, 0) is 0 Å². The highest BCUT2D eigenvalue weighted by Gasteiger charge is 2.44. The molecule has 1 aliphatic heterocycles. The summed E-state index contributed by atoms with van der Waals surface area (Å²) in [7, 11) is -5.41. The zero-order valence-corrected chi connectivity index (χ0v) is 8.77. The molecule has 3 unspecified atom stereocenters. The number of phosphoric ester groups is 1. The molecule has 96 valence electrons. The molecule has 0 bridgehead atoms. The first kappa shape index (κ1) is 14.0. The van der Waals surface area contributed by atoms with Gasteiger partial charge in [-0.3, -0.25) is 0 Å². The molecule has 0 amide bonds. The normalized spacial score (nSPS) is 41.0. The number of hydrogen-bond acceptors (Lipinski definition) is 9. The highest BCUT2D eigenvalue weighted by molar-refractivity contribution is 7.43. The van der Waals surface area contributed by atoms with E-state index in [1.807, 2.05) is 0 Å². The summed E-state index contributed by atoms with van der Waals surface area (Å²) in [5.41, 5.74) is 0. The molecule has 4 N–H and O–H groups in total. The molecule has 1 saturated heterocycles. The number of hydrogen-bond donors (Lipinski definition) is 4. The quantitative estimate of drug-likeness (QED) is 0.366. The maximum Gasteiger partial charge on any atom is 0.191 e. The largest absolute Gasteiger partial charge is 0.790 e. The van der Waals surface area contributed by atoms with Crippen molar-refractivity contribution in [2.24, 2.45) is 0 Å². The molecule has 10 heteroatoms. The van der Waals surface area contributed by atoms with Crippen molar-refractivity contribution < 1.29 is 44.0 Å². The molecule has 0 spiro atoms. The molecular weight excluding hydrogens is 247 g/mol. The second kappa shape index (κ2) is 5.05. The zero-order chi connectivity index (χ0) is 12.5. The van der Waals surface area contributed by atoms with Crippen molar-refractivity contribution in [3.05, 3.63) is 0 Å². The van der Waals surface area contributed by atoms with E-state index in [9.17, 15) is 29.7 Å². The molecule has 0 aromatic rings. The van der Waals surface area contributed by atoms with E-state index < -0.39 is 45.1 Å². The zero-order valence-electron chi connectivity index (χ0n) is 7.87. The average Bonchev–Trinajstić information content (AvgIpc) is 2.17. The van der Waals surface area contributed by atoms with E-state index in [0.717, 1.165) is 0 Å². The van der Waals surface area contributed by atoms with Crippen molar-refractivity contribution in [1.29, 1.82) is 0 Å². The Balaban J connectivity index is 2.75. The van der Waals surface area contributed by atoms with Crippen LogP contribution in [0.4, 0.5) is 0 Å². The Hall–Kier alpha value is -0.0900. The van der Waals surface area contributed by atoms with E-state index in [-0.39, 0.29) is 0 Å². The van der Waals surface area contributed by atoms with Gasteiger partial charge in [-0.15, -0.1) is 0 Å². The van der Waals surface area contributed by atoms with Crippen LogP contribution in [0.3, 0.4) is 0 Å². The lowest BCUT2D eigenvalue weighted by Crippen LogP contribution is -2.59. The summed E-state index contributed by atoms with van der Waals surface area (Å²) >= 11 is 0. The number of aliphatic hydroxyl groups excluding tert-OH is 4. The van der Waals surface area contributed by atoms with Crippen molar-refractivity contribution in [2.75, 3.05) is 6.61 Å². The molecule has 1 aliphatic rings. The van der Waals surface area contributed by atoms with Crippen LogP contribution in [0.15, 0.2) is 0 Å². The van der Waals surface area contributed by atoms with Crippen LogP contribution < -0.4 is 9.79 Å². The van der Waals surface area contributed by atoms with Gasteiger partial charge >= 0.3 is 0 Å². The lowest BCUT2D eigenvalue weighted by Gasteiger charge is -2.43. The van der Waals surface area contributed by atoms with Crippen LogP contribution in [0, 0.1) is 0 Å². The van der Waals surface area contributed by atoms with Gasteiger partial charge in [0.15, 0.2) is 6.29 Å². The Bertz CT molecular complexity index is 275. The molecule has 9 nitrogen and oxygen atoms in total. The van der Waals surface area contributed by atoms with E-state index >= 15 is 0 Å².